The van der Waals surface area contributed by atoms with E-state index < -0.39 is 10.0 Å². The van der Waals surface area contributed by atoms with Gasteiger partial charge >= 0.3 is 0 Å². The van der Waals surface area contributed by atoms with Crippen LogP contribution in [0.5, 0.6) is 0 Å². The van der Waals surface area contributed by atoms with E-state index in [0.717, 1.165) is 31.7 Å². The predicted octanol–water partition coefficient (Wildman–Crippen LogP) is 1.18. The van der Waals surface area contributed by atoms with Crippen LogP contribution in [0.25, 0.3) is 0 Å². The maximum absolute atomic E-state index is 12.0. The molecule has 2 saturated heterocycles. The number of hydrogen-bond acceptors (Lipinski definition) is 6. The normalized spacial score (nSPS) is 29.8. The number of piperidine rings is 1. The molecule has 8 heteroatoms. The minimum absolute atomic E-state index is 0.0307. The molecule has 130 valence electrons. The molecule has 3 heterocycles. The second-order valence-electron chi connectivity index (χ2n) is 6.89. The number of thiazole rings is 1. The molecule has 2 atom stereocenters. The van der Waals surface area contributed by atoms with E-state index in [1.54, 1.807) is 22.8 Å². The van der Waals surface area contributed by atoms with Gasteiger partial charge in [-0.05, 0) is 25.8 Å². The molecule has 0 saturated carbocycles. The van der Waals surface area contributed by atoms with E-state index >= 15 is 0 Å². The summed E-state index contributed by atoms with van der Waals surface area (Å²) in [6, 6.07) is 0. The Labute approximate surface area is 142 Å². The fraction of sp³-hybridized carbons (Fsp3) is 0.800. The highest BCUT2D eigenvalue weighted by Crippen LogP contribution is 2.44. The largest absolute Gasteiger partial charge is 0.384 e. The fourth-order valence-electron chi connectivity index (χ4n) is 3.90. The van der Waals surface area contributed by atoms with Gasteiger partial charge in [0.1, 0.15) is 0 Å². The van der Waals surface area contributed by atoms with Crippen LogP contribution in [-0.4, -0.2) is 68.8 Å². The molecule has 0 bridgehead atoms. The van der Waals surface area contributed by atoms with Gasteiger partial charge in [-0.1, -0.05) is 0 Å². The highest BCUT2D eigenvalue weighted by Gasteiger charge is 2.51. The lowest BCUT2D eigenvalue weighted by Gasteiger charge is -2.43. The Kier molecular flexibility index (Phi) is 4.81. The first kappa shape index (κ1) is 17.3. The summed E-state index contributed by atoms with van der Waals surface area (Å²) in [4.78, 5) is 8.06. The maximum Gasteiger partial charge on any atom is 0.211 e. The van der Waals surface area contributed by atoms with Gasteiger partial charge in [0.2, 0.25) is 10.0 Å². The lowest BCUT2D eigenvalue weighted by molar-refractivity contribution is -0.000875. The Bertz CT molecular complexity index is 661. The zero-order valence-corrected chi connectivity index (χ0v) is 15.6. The molecule has 1 aromatic heterocycles. The molecule has 2 fully saturated rings. The predicted molar refractivity (Wildman–Crippen MR) is 91.0 cm³/mol. The quantitative estimate of drug-likeness (QED) is 0.790. The maximum atomic E-state index is 12.0. The standard InChI is InChI=1S/C15H25N3O3S2/c1-12-14(22-11-16-12)8-17-5-4-15(10-21-2)9-18(23(3,19)20)7-13(15)6-17/h11,13H,4-10H2,1-3H3/t13-,15+/m1/s1. The summed E-state index contributed by atoms with van der Waals surface area (Å²) >= 11 is 1.70. The molecule has 0 radical (unpaired) electrons. The third kappa shape index (κ3) is 3.46. The van der Waals surface area contributed by atoms with Crippen LogP contribution in [0.1, 0.15) is 17.0 Å². The Hall–Kier alpha value is -0.540. The Balaban J connectivity index is 1.74. The van der Waals surface area contributed by atoms with Crippen LogP contribution in [0.4, 0.5) is 0 Å². The van der Waals surface area contributed by atoms with Crippen molar-refractivity contribution in [3.05, 3.63) is 16.1 Å². The molecular weight excluding hydrogens is 334 g/mol. The van der Waals surface area contributed by atoms with Gasteiger partial charge in [0.05, 0.1) is 24.1 Å². The number of aryl methyl sites for hydroxylation is 1. The van der Waals surface area contributed by atoms with Crippen LogP contribution < -0.4 is 0 Å². The number of hydrogen-bond donors (Lipinski definition) is 0. The number of sulfonamides is 1. The zero-order valence-electron chi connectivity index (χ0n) is 14.0. The van der Waals surface area contributed by atoms with Crippen molar-refractivity contribution in [1.82, 2.24) is 14.2 Å². The van der Waals surface area contributed by atoms with Gasteiger partial charge in [0, 0.05) is 43.6 Å². The minimum Gasteiger partial charge on any atom is -0.384 e. The van der Waals surface area contributed by atoms with Gasteiger partial charge in [0.25, 0.3) is 0 Å². The second kappa shape index (κ2) is 6.40. The highest BCUT2D eigenvalue weighted by atomic mass is 32.2. The number of rotatable bonds is 5. The van der Waals surface area contributed by atoms with E-state index in [2.05, 4.69) is 9.88 Å². The first-order chi connectivity index (χ1) is 10.8. The molecule has 3 rings (SSSR count). The summed E-state index contributed by atoms with van der Waals surface area (Å²) in [5.74, 6) is 0.333. The van der Waals surface area contributed by atoms with Crippen molar-refractivity contribution in [2.24, 2.45) is 11.3 Å². The van der Waals surface area contributed by atoms with E-state index in [9.17, 15) is 8.42 Å². The number of nitrogens with zero attached hydrogens (tertiary/aromatic N) is 3. The molecule has 0 unspecified atom stereocenters. The molecule has 2 aliphatic rings. The molecule has 0 aromatic carbocycles. The summed E-state index contributed by atoms with van der Waals surface area (Å²) in [5, 5.41) is 0. The molecular formula is C15H25N3O3S2. The van der Waals surface area contributed by atoms with Gasteiger partial charge in [-0.25, -0.2) is 17.7 Å². The summed E-state index contributed by atoms with van der Waals surface area (Å²) in [6.45, 7) is 6.71. The van der Waals surface area contributed by atoms with E-state index in [0.29, 0.717) is 25.6 Å². The van der Waals surface area contributed by atoms with Crippen molar-refractivity contribution in [2.75, 3.05) is 46.2 Å². The molecule has 0 N–H and O–H groups in total. The summed E-state index contributed by atoms with van der Waals surface area (Å²) in [6.07, 6.45) is 2.29. The summed E-state index contributed by atoms with van der Waals surface area (Å²) in [5.41, 5.74) is 2.97. The van der Waals surface area contributed by atoms with Crippen molar-refractivity contribution in [3.63, 3.8) is 0 Å². The molecule has 2 aliphatic heterocycles. The number of aromatic nitrogens is 1. The number of fused-ring (bicyclic) bond motifs is 1. The van der Waals surface area contributed by atoms with Gasteiger partial charge in [-0.2, -0.15) is 0 Å². The van der Waals surface area contributed by atoms with E-state index in [-0.39, 0.29) is 5.41 Å². The summed E-state index contributed by atoms with van der Waals surface area (Å²) < 4.78 is 31.0. The second-order valence-corrected chi connectivity index (χ2v) is 9.82. The third-order valence-electron chi connectivity index (χ3n) is 5.30. The zero-order chi connectivity index (χ0) is 16.7. The number of likely N-dealkylation sites (tertiary alicyclic amines) is 1. The van der Waals surface area contributed by atoms with Crippen LogP contribution in [0.3, 0.4) is 0 Å². The molecule has 6 nitrogen and oxygen atoms in total. The van der Waals surface area contributed by atoms with Gasteiger partial charge in [-0.15, -0.1) is 11.3 Å². The van der Waals surface area contributed by atoms with Crippen LogP contribution in [0.15, 0.2) is 5.51 Å². The monoisotopic (exact) mass is 359 g/mol. The average Bonchev–Trinajstić information content (AvgIpc) is 3.03. The molecule has 23 heavy (non-hydrogen) atoms. The summed E-state index contributed by atoms with van der Waals surface area (Å²) in [7, 11) is -1.43. The molecule has 0 spiro atoms. The number of methoxy groups -OCH3 is 1. The van der Waals surface area contributed by atoms with Crippen LogP contribution in [0, 0.1) is 18.3 Å². The topological polar surface area (TPSA) is 62.7 Å². The number of ether oxygens (including phenoxy) is 1. The van der Waals surface area contributed by atoms with Crippen molar-refractivity contribution < 1.29 is 13.2 Å². The van der Waals surface area contributed by atoms with E-state index in [1.807, 2.05) is 12.4 Å². The molecule has 1 aromatic rings. The average molecular weight is 360 g/mol. The Morgan fingerprint density at radius 3 is 2.87 bits per heavy atom. The van der Waals surface area contributed by atoms with Gasteiger partial charge in [0.15, 0.2) is 0 Å². The molecule has 0 amide bonds. The van der Waals surface area contributed by atoms with Crippen molar-refractivity contribution in [1.29, 1.82) is 0 Å². The lowest BCUT2D eigenvalue weighted by atomic mass is 9.73. The SMILES string of the molecule is COC[C@@]12CCN(Cc3scnc3C)C[C@@H]1CN(S(C)(=O)=O)C2. The minimum atomic E-state index is -3.14. The van der Waals surface area contributed by atoms with Crippen molar-refractivity contribution in [2.45, 2.75) is 19.9 Å². The van der Waals surface area contributed by atoms with E-state index in [1.165, 1.54) is 11.1 Å². The third-order valence-corrected chi connectivity index (χ3v) is 7.43. The van der Waals surface area contributed by atoms with Crippen molar-refractivity contribution >= 4 is 21.4 Å². The highest BCUT2D eigenvalue weighted by molar-refractivity contribution is 7.88. The van der Waals surface area contributed by atoms with Crippen LogP contribution >= 0.6 is 11.3 Å². The van der Waals surface area contributed by atoms with Crippen LogP contribution in [-0.2, 0) is 21.3 Å². The van der Waals surface area contributed by atoms with Gasteiger partial charge in [-0.3, -0.25) is 4.90 Å². The Morgan fingerprint density at radius 1 is 1.48 bits per heavy atom. The van der Waals surface area contributed by atoms with Gasteiger partial charge < -0.3 is 4.74 Å². The van der Waals surface area contributed by atoms with E-state index in [4.69, 9.17) is 4.74 Å². The fourth-order valence-corrected chi connectivity index (χ4v) is 5.66. The smallest absolute Gasteiger partial charge is 0.211 e. The lowest BCUT2D eigenvalue weighted by Crippen LogP contribution is -2.48. The Morgan fingerprint density at radius 2 is 2.26 bits per heavy atom. The molecule has 0 aliphatic carbocycles. The van der Waals surface area contributed by atoms with Crippen molar-refractivity contribution in [3.8, 4) is 0 Å². The van der Waals surface area contributed by atoms with Crippen LogP contribution in [0.2, 0.25) is 0 Å². The first-order valence-corrected chi connectivity index (χ1v) is 10.6. The first-order valence-electron chi connectivity index (χ1n) is 7.89.